The zero-order valence-corrected chi connectivity index (χ0v) is 13.0. The highest BCUT2D eigenvalue weighted by molar-refractivity contribution is 5.91. The molecule has 2 aromatic heterocycles. The maximum absolute atomic E-state index is 11.7. The van der Waals surface area contributed by atoms with Gasteiger partial charge in [0.2, 0.25) is 5.91 Å². The topological polar surface area (TPSA) is 80.0 Å². The summed E-state index contributed by atoms with van der Waals surface area (Å²) < 4.78 is 5.72. The lowest BCUT2D eigenvalue weighted by atomic mass is 10.3. The summed E-state index contributed by atoms with van der Waals surface area (Å²) >= 11 is 0. The highest BCUT2D eigenvalue weighted by atomic mass is 16.3. The predicted octanol–water partition coefficient (Wildman–Crippen LogP) is 2.43. The third kappa shape index (κ3) is 4.42. The molecule has 6 nitrogen and oxygen atoms in total. The molecule has 1 aliphatic carbocycles. The molecule has 120 valence electrons. The first-order valence-corrected chi connectivity index (χ1v) is 7.78. The number of furan rings is 1. The number of amides is 1. The number of nitrogens with zero attached hydrogens (tertiary/aromatic N) is 2. The van der Waals surface area contributed by atoms with Gasteiger partial charge in [0.25, 0.3) is 0 Å². The first-order valence-electron chi connectivity index (χ1n) is 7.78. The highest BCUT2D eigenvalue weighted by Gasteiger charge is 2.36. The van der Waals surface area contributed by atoms with Gasteiger partial charge in [0.05, 0.1) is 6.20 Å². The van der Waals surface area contributed by atoms with E-state index in [0.29, 0.717) is 36.5 Å². The second-order valence-electron chi connectivity index (χ2n) is 5.70. The Morgan fingerprint density at radius 1 is 1.39 bits per heavy atom. The zero-order valence-electron chi connectivity index (χ0n) is 13.0. The van der Waals surface area contributed by atoms with Crippen LogP contribution in [0.3, 0.4) is 0 Å². The molecule has 1 amide bonds. The molecule has 23 heavy (non-hydrogen) atoms. The monoisotopic (exact) mass is 312 g/mol. The van der Waals surface area contributed by atoms with Gasteiger partial charge in [0, 0.05) is 37.5 Å². The predicted molar refractivity (Wildman–Crippen MR) is 87.8 cm³/mol. The summed E-state index contributed by atoms with van der Waals surface area (Å²) in [5.41, 5.74) is 0. The van der Waals surface area contributed by atoms with E-state index in [9.17, 15) is 4.79 Å². The Kier molecular flexibility index (Phi) is 4.71. The first-order chi connectivity index (χ1) is 11.2. The molecular weight excluding hydrogens is 292 g/mol. The lowest BCUT2D eigenvalue weighted by molar-refractivity contribution is -0.116. The molecule has 0 saturated heterocycles. The van der Waals surface area contributed by atoms with Crippen LogP contribution in [0.4, 0.5) is 5.82 Å². The minimum Gasteiger partial charge on any atom is -0.461 e. The Labute approximate surface area is 135 Å². The molecular formula is C17H20N4O2. The fourth-order valence-electron chi connectivity index (χ4n) is 2.36. The standard InChI is InChI=1S/C17H20N4O2/c1-12-10-14(12)15-4-2-13(23-15)3-5-17(22)21-9-8-20-16-11-18-6-7-19-16/h2-7,11-12,14H,8-10H2,1H3,(H,19,20)(H,21,22)/b5-3+/t12-,14-/m1/s1. The van der Waals surface area contributed by atoms with E-state index in [0.717, 1.165) is 5.76 Å². The van der Waals surface area contributed by atoms with Crippen LogP contribution >= 0.6 is 0 Å². The molecule has 0 bridgehead atoms. The van der Waals surface area contributed by atoms with Crippen LogP contribution in [-0.4, -0.2) is 29.0 Å². The van der Waals surface area contributed by atoms with Crippen molar-refractivity contribution in [3.8, 4) is 0 Å². The number of carbonyl (C=O) groups excluding carboxylic acids is 1. The van der Waals surface area contributed by atoms with Gasteiger partial charge >= 0.3 is 0 Å². The molecule has 0 unspecified atom stereocenters. The number of carbonyl (C=O) groups is 1. The Bertz CT molecular complexity index is 681. The van der Waals surface area contributed by atoms with E-state index in [1.54, 1.807) is 24.7 Å². The van der Waals surface area contributed by atoms with E-state index in [1.807, 2.05) is 12.1 Å². The molecule has 2 atom stereocenters. The van der Waals surface area contributed by atoms with Crippen LogP contribution in [0.15, 0.2) is 41.2 Å². The van der Waals surface area contributed by atoms with Gasteiger partial charge in [-0.05, 0) is 30.5 Å². The molecule has 1 aliphatic rings. The van der Waals surface area contributed by atoms with Crippen molar-refractivity contribution >= 4 is 17.8 Å². The van der Waals surface area contributed by atoms with Crippen LogP contribution in [-0.2, 0) is 4.79 Å². The van der Waals surface area contributed by atoms with E-state index < -0.39 is 0 Å². The molecule has 0 spiro atoms. The second kappa shape index (κ2) is 7.09. The summed E-state index contributed by atoms with van der Waals surface area (Å²) in [6.45, 7) is 3.30. The minimum absolute atomic E-state index is 0.149. The third-order valence-electron chi connectivity index (χ3n) is 3.81. The molecule has 6 heteroatoms. The first kappa shape index (κ1) is 15.3. The molecule has 2 heterocycles. The van der Waals surface area contributed by atoms with E-state index >= 15 is 0 Å². The lowest BCUT2D eigenvalue weighted by Crippen LogP contribution is -2.27. The molecule has 0 radical (unpaired) electrons. The van der Waals surface area contributed by atoms with Gasteiger partial charge in [0.1, 0.15) is 17.3 Å². The van der Waals surface area contributed by atoms with Crippen LogP contribution in [0, 0.1) is 5.92 Å². The van der Waals surface area contributed by atoms with Gasteiger partial charge in [-0.3, -0.25) is 9.78 Å². The summed E-state index contributed by atoms with van der Waals surface area (Å²) in [5.74, 6) is 3.54. The molecule has 0 aliphatic heterocycles. The van der Waals surface area contributed by atoms with Gasteiger partial charge in [-0.2, -0.15) is 0 Å². The Hall–Kier alpha value is -2.63. The van der Waals surface area contributed by atoms with Gasteiger partial charge in [-0.1, -0.05) is 6.92 Å². The van der Waals surface area contributed by atoms with E-state index in [1.165, 1.54) is 12.5 Å². The van der Waals surface area contributed by atoms with Gasteiger partial charge < -0.3 is 15.1 Å². The highest BCUT2D eigenvalue weighted by Crippen LogP contribution is 2.47. The van der Waals surface area contributed by atoms with Gasteiger partial charge in [-0.15, -0.1) is 0 Å². The van der Waals surface area contributed by atoms with Crippen molar-refractivity contribution in [2.24, 2.45) is 5.92 Å². The summed E-state index contributed by atoms with van der Waals surface area (Å²) in [7, 11) is 0. The Balaban J connectivity index is 1.38. The largest absolute Gasteiger partial charge is 0.461 e. The zero-order chi connectivity index (χ0) is 16.1. The van der Waals surface area contributed by atoms with Crippen molar-refractivity contribution in [3.05, 3.63) is 48.3 Å². The van der Waals surface area contributed by atoms with Crippen LogP contribution in [0.2, 0.25) is 0 Å². The number of nitrogens with one attached hydrogen (secondary N) is 2. The minimum atomic E-state index is -0.149. The Morgan fingerprint density at radius 2 is 2.26 bits per heavy atom. The van der Waals surface area contributed by atoms with Gasteiger partial charge in [-0.25, -0.2) is 4.98 Å². The average Bonchev–Trinajstić information content (AvgIpc) is 3.11. The second-order valence-corrected chi connectivity index (χ2v) is 5.70. The molecule has 2 aromatic rings. The Morgan fingerprint density at radius 3 is 3.00 bits per heavy atom. The number of hydrogen-bond donors (Lipinski definition) is 2. The van der Waals surface area contributed by atoms with E-state index in [-0.39, 0.29) is 5.91 Å². The number of aromatic nitrogens is 2. The van der Waals surface area contributed by atoms with Crippen LogP contribution < -0.4 is 10.6 Å². The van der Waals surface area contributed by atoms with Crippen molar-refractivity contribution in [1.82, 2.24) is 15.3 Å². The summed E-state index contributed by atoms with van der Waals surface area (Å²) in [4.78, 5) is 19.8. The fourth-order valence-corrected chi connectivity index (χ4v) is 2.36. The fraction of sp³-hybridized carbons (Fsp3) is 0.353. The molecule has 1 saturated carbocycles. The average molecular weight is 312 g/mol. The number of anilines is 1. The molecule has 3 rings (SSSR count). The van der Waals surface area contributed by atoms with Crippen LogP contribution in [0.1, 0.15) is 30.8 Å². The van der Waals surface area contributed by atoms with Crippen molar-refractivity contribution < 1.29 is 9.21 Å². The quantitative estimate of drug-likeness (QED) is 0.606. The summed E-state index contributed by atoms with van der Waals surface area (Å²) in [6, 6.07) is 3.90. The third-order valence-corrected chi connectivity index (χ3v) is 3.81. The van der Waals surface area contributed by atoms with Crippen LogP contribution in [0.5, 0.6) is 0 Å². The van der Waals surface area contributed by atoms with Crippen molar-refractivity contribution in [2.45, 2.75) is 19.3 Å². The van der Waals surface area contributed by atoms with Gasteiger partial charge in [0.15, 0.2) is 0 Å². The lowest BCUT2D eigenvalue weighted by Gasteiger charge is -2.04. The molecule has 0 aromatic carbocycles. The summed E-state index contributed by atoms with van der Waals surface area (Å²) in [6.07, 6.45) is 9.24. The summed E-state index contributed by atoms with van der Waals surface area (Å²) in [5, 5.41) is 5.86. The van der Waals surface area contributed by atoms with Crippen molar-refractivity contribution in [2.75, 3.05) is 18.4 Å². The number of rotatable bonds is 7. The van der Waals surface area contributed by atoms with E-state index in [4.69, 9.17) is 4.42 Å². The normalized spacial score (nSPS) is 19.7. The SMILES string of the molecule is C[C@@H]1C[C@H]1c1ccc(/C=C/C(=O)NCCNc2cnccn2)o1. The van der Waals surface area contributed by atoms with Crippen molar-refractivity contribution in [3.63, 3.8) is 0 Å². The smallest absolute Gasteiger partial charge is 0.244 e. The molecule has 1 fully saturated rings. The van der Waals surface area contributed by atoms with Crippen LogP contribution in [0.25, 0.3) is 6.08 Å². The number of hydrogen-bond acceptors (Lipinski definition) is 5. The maximum atomic E-state index is 11.7. The van der Waals surface area contributed by atoms with Crippen molar-refractivity contribution in [1.29, 1.82) is 0 Å². The molecule has 2 N–H and O–H groups in total. The van der Waals surface area contributed by atoms with E-state index in [2.05, 4.69) is 27.5 Å². The maximum Gasteiger partial charge on any atom is 0.244 e.